The van der Waals surface area contributed by atoms with E-state index in [9.17, 15) is 17.2 Å². The molecule has 1 fully saturated rings. The van der Waals surface area contributed by atoms with Gasteiger partial charge in [0.2, 0.25) is 0 Å². The molecule has 0 aliphatic carbocycles. The van der Waals surface area contributed by atoms with Gasteiger partial charge in [-0.25, -0.2) is 17.2 Å². The Morgan fingerprint density at radius 2 is 2.00 bits per heavy atom. The Balaban J connectivity index is 2.32. The number of halogens is 2. The van der Waals surface area contributed by atoms with Crippen LogP contribution in [-0.2, 0) is 9.84 Å². The van der Waals surface area contributed by atoms with Crippen LogP contribution in [0.15, 0.2) is 18.2 Å². The Morgan fingerprint density at radius 3 is 2.67 bits per heavy atom. The van der Waals surface area contributed by atoms with E-state index in [2.05, 4.69) is 5.32 Å². The highest BCUT2D eigenvalue weighted by molar-refractivity contribution is 7.91. The summed E-state index contributed by atoms with van der Waals surface area (Å²) in [5, 5.41) is 3.13. The third kappa shape index (κ3) is 3.05. The number of hydrogen-bond donors (Lipinski definition) is 1. The number of benzene rings is 1. The molecular weight excluding hydrogens is 260 g/mol. The Kier molecular flexibility index (Phi) is 3.68. The van der Waals surface area contributed by atoms with E-state index >= 15 is 0 Å². The van der Waals surface area contributed by atoms with Crippen LogP contribution in [0.25, 0.3) is 0 Å². The van der Waals surface area contributed by atoms with Gasteiger partial charge < -0.3 is 5.32 Å². The van der Waals surface area contributed by atoms with Crippen LogP contribution < -0.4 is 5.32 Å². The Bertz CT molecular complexity index is 545. The minimum absolute atomic E-state index is 0.0281. The quantitative estimate of drug-likeness (QED) is 0.850. The van der Waals surface area contributed by atoms with Crippen LogP contribution in [0.3, 0.4) is 0 Å². The van der Waals surface area contributed by atoms with Gasteiger partial charge >= 0.3 is 0 Å². The summed E-state index contributed by atoms with van der Waals surface area (Å²) in [5.74, 6) is -1.84. The molecule has 2 rings (SSSR count). The van der Waals surface area contributed by atoms with E-state index in [1.807, 2.05) is 6.92 Å². The summed E-state index contributed by atoms with van der Waals surface area (Å²) < 4.78 is 49.5. The smallest absolute Gasteiger partial charge is 0.159 e. The van der Waals surface area contributed by atoms with Crippen molar-refractivity contribution in [1.29, 1.82) is 0 Å². The lowest BCUT2D eigenvalue weighted by atomic mass is 10.1. The van der Waals surface area contributed by atoms with Crippen LogP contribution in [0, 0.1) is 11.6 Å². The second-order valence-electron chi connectivity index (χ2n) is 4.70. The second-order valence-corrected chi connectivity index (χ2v) is 6.93. The molecule has 100 valence electrons. The standard InChI is InChI=1S/C12H15F2NO2S/c1-8-4-5-18(16,17)7-12(15-8)9-2-3-10(13)11(14)6-9/h2-3,6,8,12,15H,4-5,7H2,1H3. The summed E-state index contributed by atoms with van der Waals surface area (Å²) >= 11 is 0. The van der Waals surface area contributed by atoms with Crippen molar-refractivity contribution in [2.24, 2.45) is 0 Å². The third-order valence-electron chi connectivity index (χ3n) is 3.11. The molecule has 18 heavy (non-hydrogen) atoms. The molecule has 0 amide bonds. The average molecular weight is 275 g/mol. The van der Waals surface area contributed by atoms with Gasteiger partial charge in [0.15, 0.2) is 21.5 Å². The van der Waals surface area contributed by atoms with Gasteiger partial charge in [-0.2, -0.15) is 0 Å². The zero-order valence-corrected chi connectivity index (χ0v) is 10.8. The lowest BCUT2D eigenvalue weighted by Gasteiger charge is -2.19. The topological polar surface area (TPSA) is 46.2 Å². The van der Waals surface area contributed by atoms with Crippen molar-refractivity contribution in [3.05, 3.63) is 35.4 Å². The first-order valence-corrected chi connectivity index (χ1v) is 7.61. The maximum absolute atomic E-state index is 13.2. The highest BCUT2D eigenvalue weighted by Gasteiger charge is 2.27. The van der Waals surface area contributed by atoms with Crippen LogP contribution in [0.2, 0.25) is 0 Å². The fourth-order valence-electron chi connectivity index (χ4n) is 2.09. The molecule has 1 aromatic carbocycles. The molecule has 1 saturated heterocycles. The normalized spacial score (nSPS) is 27.7. The molecule has 1 aliphatic heterocycles. The molecule has 2 atom stereocenters. The first-order valence-electron chi connectivity index (χ1n) is 5.79. The van der Waals surface area contributed by atoms with Gasteiger partial charge in [0, 0.05) is 12.1 Å². The SMILES string of the molecule is CC1CCS(=O)(=O)CC(c2ccc(F)c(F)c2)N1. The van der Waals surface area contributed by atoms with E-state index < -0.39 is 27.5 Å². The van der Waals surface area contributed by atoms with Gasteiger partial charge in [0.25, 0.3) is 0 Å². The molecule has 0 radical (unpaired) electrons. The van der Waals surface area contributed by atoms with E-state index in [1.54, 1.807) is 0 Å². The zero-order chi connectivity index (χ0) is 13.3. The number of rotatable bonds is 1. The molecule has 1 aliphatic rings. The number of hydrogen-bond acceptors (Lipinski definition) is 3. The summed E-state index contributed by atoms with van der Waals surface area (Å²) in [7, 11) is -3.15. The van der Waals surface area contributed by atoms with Crippen molar-refractivity contribution in [2.45, 2.75) is 25.4 Å². The second kappa shape index (κ2) is 4.93. The fourth-order valence-corrected chi connectivity index (χ4v) is 3.77. The van der Waals surface area contributed by atoms with Crippen molar-refractivity contribution in [2.75, 3.05) is 11.5 Å². The summed E-state index contributed by atoms with van der Waals surface area (Å²) in [5.41, 5.74) is 0.464. The largest absolute Gasteiger partial charge is 0.307 e. The minimum Gasteiger partial charge on any atom is -0.307 e. The Hall–Kier alpha value is -1.01. The number of nitrogens with one attached hydrogen (secondary N) is 1. The summed E-state index contributed by atoms with van der Waals surface area (Å²) in [4.78, 5) is 0. The molecule has 0 bridgehead atoms. The predicted molar refractivity (Wildman–Crippen MR) is 65.0 cm³/mol. The highest BCUT2D eigenvalue weighted by Crippen LogP contribution is 2.22. The van der Waals surface area contributed by atoms with Crippen molar-refractivity contribution in [3.8, 4) is 0 Å². The van der Waals surface area contributed by atoms with E-state index in [4.69, 9.17) is 0 Å². The molecular formula is C12H15F2NO2S. The number of sulfone groups is 1. The first kappa shape index (κ1) is 13.4. The van der Waals surface area contributed by atoms with Gasteiger partial charge in [-0.15, -0.1) is 0 Å². The van der Waals surface area contributed by atoms with Crippen LogP contribution in [0.1, 0.15) is 24.9 Å². The molecule has 2 unspecified atom stereocenters. The minimum atomic E-state index is -3.15. The van der Waals surface area contributed by atoms with Gasteiger partial charge in [0.1, 0.15) is 0 Å². The van der Waals surface area contributed by atoms with E-state index in [0.29, 0.717) is 12.0 Å². The molecule has 0 aromatic heterocycles. The fraction of sp³-hybridized carbons (Fsp3) is 0.500. The first-order chi connectivity index (χ1) is 8.37. The molecule has 3 nitrogen and oxygen atoms in total. The molecule has 1 N–H and O–H groups in total. The van der Waals surface area contributed by atoms with E-state index in [0.717, 1.165) is 12.1 Å². The van der Waals surface area contributed by atoms with E-state index in [1.165, 1.54) is 6.07 Å². The summed E-state index contributed by atoms with van der Waals surface area (Å²) in [6, 6.07) is 3.04. The van der Waals surface area contributed by atoms with Gasteiger partial charge in [0.05, 0.1) is 11.5 Å². The van der Waals surface area contributed by atoms with Crippen molar-refractivity contribution >= 4 is 9.84 Å². The lowest BCUT2D eigenvalue weighted by molar-refractivity contribution is 0.474. The van der Waals surface area contributed by atoms with Crippen LogP contribution >= 0.6 is 0 Å². The molecule has 1 aromatic rings. The van der Waals surface area contributed by atoms with Crippen molar-refractivity contribution < 1.29 is 17.2 Å². The molecule has 6 heteroatoms. The van der Waals surface area contributed by atoms with Crippen LogP contribution in [-0.4, -0.2) is 26.0 Å². The zero-order valence-electron chi connectivity index (χ0n) is 9.99. The predicted octanol–water partition coefficient (Wildman–Crippen LogP) is 1.80. The van der Waals surface area contributed by atoms with Gasteiger partial charge in [-0.1, -0.05) is 6.07 Å². The molecule has 0 saturated carbocycles. The lowest BCUT2D eigenvalue weighted by Crippen LogP contribution is -2.31. The van der Waals surface area contributed by atoms with E-state index in [-0.39, 0.29) is 17.5 Å². The monoisotopic (exact) mass is 275 g/mol. The Morgan fingerprint density at radius 1 is 1.28 bits per heavy atom. The van der Waals surface area contributed by atoms with Crippen LogP contribution in [0.5, 0.6) is 0 Å². The maximum Gasteiger partial charge on any atom is 0.159 e. The van der Waals surface area contributed by atoms with Gasteiger partial charge in [-0.05, 0) is 31.0 Å². The molecule has 1 heterocycles. The maximum atomic E-state index is 13.2. The van der Waals surface area contributed by atoms with Gasteiger partial charge in [-0.3, -0.25) is 0 Å². The Labute approximate surface area is 105 Å². The summed E-state index contributed by atoms with van der Waals surface area (Å²) in [6.45, 7) is 1.88. The third-order valence-corrected chi connectivity index (χ3v) is 4.81. The summed E-state index contributed by atoms with van der Waals surface area (Å²) in [6.07, 6.45) is 0.530. The van der Waals surface area contributed by atoms with Crippen molar-refractivity contribution in [1.82, 2.24) is 5.32 Å². The van der Waals surface area contributed by atoms with Crippen molar-refractivity contribution in [3.63, 3.8) is 0 Å². The highest BCUT2D eigenvalue weighted by atomic mass is 32.2. The molecule has 0 spiro atoms. The van der Waals surface area contributed by atoms with Crippen LogP contribution in [0.4, 0.5) is 8.78 Å². The average Bonchev–Trinajstić information content (AvgIpc) is 2.42.